The molecule has 1 amide bonds. The number of rotatable bonds is 7. The van der Waals surface area contributed by atoms with E-state index in [1.165, 1.54) is 4.90 Å². The maximum absolute atomic E-state index is 12.4. The maximum Gasteiger partial charge on any atom is 0.306 e. The number of hydrogen-bond donors (Lipinski definition) is 1. The van der Waals surface area contributed by atoms with Gasteiger partial charge in [0.15, 0.2) is 6.61 Å². The molecule has 1 aromatic heterocycles. The molecule has 0 saturated carbocycles. The zero-order chi connectivity index (χ0) is 21.4. The van der Waals surface area contributed by atoms with Gasteiger partial charge in [0.2, 0.25) is 0 Å². The third-order valence-electron chi connectivity index (χ3n) is 4.45. The number of para-hydroxylation sites is 1. The Morgan fingerprint density at radius 1 is 1.17 bits per heavy atom. The molecule has 0 atom stereocenters. The fraction of sp³-hybridized carbons (Fsp3) is 0.286. The Morgan fingerprint density at radius 3 is 2.48 bits per heavy atom. The van der Waals surface area contributed by atoms with Gasteiger partial charge in [0.1, 0.15) is 18.2 Å². The molecule has 0 fully saturated rings. The Bertz CT molecular complexity index is 1050. The molecule has 0 aliphatic heterocycles. The van der Waals surface area contributed by atoms with E-state index in [-0.39, 0.29) is 24.9 Å². The number of esters is 1. The predicted octanol–water partition coefficient (Wildman–Crippen LogP) is 1.90. The van der Waals surface area contributed by atoms with Crippen molar-refractivity contribution in [2.75, 3.05) is 18.1 Å². The smallest absolute Gasteiger partial charge is 0.306 e. The van der Waals surface area contributed by atoms with E-state index in [4.69, 9.17) is 15.3 Å². The van der Waals surface area contributed by atoms with Gasteiger partial charge in [0.05, 0.1) is 6.07 Å². The molecule has 0 aliphatic carbocycles. The van der Waals surface area contributed by atoms with Gasteiger partial charge in [-0.15, -0.1) is 0 Å². The van der Waals surface area contributed by atoms with E-state index < -0.39 is 24.0 Å². The normalized spacial score (nSPS) is 9.93. The van der Waals surface area contributed by atoms with Crippen molar-refractivity contribution in [3.05, 3.63) is 63.1 Å². The van der Waals surface area contributed by atoms with Crippen molar-refractivity contribution in [2.24, 2.45) is 0 Å². The average Bonchev–Trinajstić information content (AvgIpc) is 2.70. The topological polar surface area (TPSA) is 127 Å². The summed E-state index contributed by atoms with van der Waals surface area (Å²) in [5.41, 5.74) is 1.90. The van der Waals surface area contributed by atoms with Gasteiger partial charge in [0.25, 0.3) is 11.5 Å². The minimum atomic E-state index is -0.591. The molecular weight excluding hydrogens is 372 g/mol. The number of ether oxygens (including phenoxy) is 1. The first-order valence-electron chi connectivity index (χ1n) is 8.89. The summed E-state index contributed by atoms with van der Waals surface area (Å²) in [6.07, 6.45) is 0.242. The lowest BCUT2D eigenvalue weighted by molar-refractivity contribution is -0.147. The first-order chi connectivity index (χ1) is 13.9. The molecule has 8 nitrogen and oxygen atoms in total. The van der Waals surface area contributed by atoms with Crippen LogP contribution in [0.5, 0.6) is 0 Å². The highest BCUT2D eigenvalue weighted by molar-refractivity contribution is 5.95. The van der Waals surface area contributed by atoms with Crippen LogP contribution in [0.3, 0.4) is 0 Å². The SMILES string of the molecule is Cc1[nH]c(=O)c(C#N)c(C)c1CCC(=O)OCC(=O)N(CC#N)c1ccccc1. The Labute approximate surface area is 168 Å². The number of nitrogens with zero attached hydrogens (tertiary/aromatic N) is 3. The highest BCUT2D eigenvalue weighted by Gasteiger charge is 2.18. The van der Waals surface area contributed by atoms with Gasteiger partial charge in [-0.25, -0.2) is 0 Å². The van der Waals surface area contributed by atoms with Gasteiger partial charge in [-0.05, 0) is 43.5 Å². The largest absolute Gasteiger partial charge is 0.456 e. The van der Waals surface area contributed by atoms with Crippen LogP contribution in [0.2, 0.25) is 0 Å². The molecule has 148 valence electrons. The minimum absolute atomic E-state index is 0.0177. The second-order valence-electron chi connectivity index (χ2n) is 6.30. The molecular formula is C21H20N4O4. The monoisotopic (exact) mass is 392 g/mol. The summed E-state index contributed by atoms with van der Waals surface area (Å²) in [4.78, 5) is 40.0. The summed E-state index contributed by atoms with van der Waals surface area (Å²) >= 11 is 0. The van der Waals surface area contributed by atoms with Crippen LogP contribution in [-0.4, -0.2) is 30.0 Å². The number of hydrogen-bond acceptors (Lipinski definition) is 6. The van der Waals surface area contributed by atoms with Crippen LogP contribution in [0.4, 0.5) is 5.69 Å². The minimum Gasteiger partial charge on any atom is -0.456 e. The molecule has 0 aliphatic rings. The van der Waals surface area contributed by atoms with E-state index in [1.807, 2.05) is 12.1 Å². The molecule has 2 rings (SSSR count). The third-order valence-corrected chi connectivity index (χ3v) is 4.45. The molecule has 1 heterocycles. The van der Waals surface area contributed by atoms with Crippen molar-refractivity contribution >= 4 is 17.6 Å². The highest BCUT2D eigenvalue weighted by Crippen LogP contribution is 2.16. The lowest BCUT2D eigenvalue weighted by Crippen LogP contribution is -2.35. The number of aromatic amines is 1. The van der Waals surface area contributed by atoms with E-state index >= 15 is 0 Å². The van der Waals surface area contributed by atoms with Crippen LogP contribution >= 0.6 is 0 Å². The van der Waals surface area contributed by atoms with Crippen molar-refractivity contribution in [1.29, 1.82) is 10.5 Å². The van der Waals surface area contributed by atoms with Crippen LogP contribution in [0, 0.1) is 36.5 Å². The molecule has 8 heteroatoms. The van der Waals surface area contributed by atoms with E-state index in [0.29, 0.717) is 22.5 Å². The van der Waals surface area contributed by atoms with Crippen molar-refractivity contribution in [3.63, 3.8) is 0 Å². The number of aromatic nitrogens is 1. The zero-order valence-electron chi connectivity index (χ0n) is 16.2. The van der Waals surface area contributed by atoms with E-state index in [2.05, 4.69) is 4.98 Å². The molecule has 0 spiro atoms. The number of pyridine rings is 1. The Morgan fingerprint density at radius 2 is 1.86 bits per heavy atom. The van der Waals surface area contributed by atoms with Crippen LogP contribution in [0.1, 0.15) is 28.8 Å². The van der Waals surface area contributed by atoms with Crippen molar-refractivity contribution < 1.29 is 14.3 Å². The maximum atomic E-state index is 12.4. The number of benzene rings is 1. The zero-order valence-corrected chi connectivity index (χ0v) is 16.2. The molecule has 0 radical (unpaired) electrons. The highest BCUT2D eigenvalue weighted by atomic mass is 16.5. The van der Waals surface area contributed by atoms with Crippen molar-refractivity contribution in [1.82, 2.24) is 4.98 Å². The van der Waals surface area contributed by atoms with Gasteiger partial charge in [0, 0.05) is 17.8 Å². The van der Waals surface area contributed by atoms with Gasteiger partial charge < -0.3 is 9.72 Å². The van der Waals surface area contributed by atoms with Gasteiger partial charge in [-0.2, -0.15) is 10.5 Å². The summed E-state index contributed by atoms with van der Waals surface area (Å²) in [6.45, 7) is 2.71. The standard InChI is InChI=1S/C21H20N4O4/c1-14-17(15(2)24-21(28)18(14)12-23)8-9-20(27)29-13-19(26)25(11-10-22)16-6-4-3-5-7-16/h3-7H,8-9,11,13H2,1-2H3,(H,24,28). The Balaban J connectivity index is 1.98. The van der Waals surface area contributed by atoms with E-state index in [1.54, 1.807) is 44.2 Å². The molecule has 0 unspecified atom stereocenters. The van der Waals surface area contributed by atoms with Crippen molar-refractivity contribution in [3.8, 4) is 12.1 Å². The van der Waals surface area contributed by atoms with Crippen LogP contribution in [-0.2, 0) is 20.7 Å². The quantitative estimate of drug-likeness (QED) is 0.566. The Hall–Kier alpha value is -3.91. The summed E-state index contributed by atoms with van der Waals surface area (Å²) in [5, 5.41) is 18.0. The number of nitriles is 2. The van der Waals surface area contributed by atoms with Crippen LogP contribution < -0.4 is 10.5 Å². The summed E-state index contributed by atoms with van der Waals surface area (Å²) in [7, 11) is 0. The van der Waals surface area contributed by atoms with Crippen LogP contribution in [0.15, 0.2) is 35.1 Å². The summed E-state index contributed by atoms with van der Waals surface area (Å²) in [6, 6.07) is 12.4. The first kappa shape index (κ1) is 21.4. The summed E-state index contributed by atoms with van der Waals surface area (Å²) < 4.78 is 5.06. The van der Waals surface area contributed by atoms with Gasteiger partial charge in [-0.3, -0.25) is 19.3 Å². The number of amides is 1. The number of anilines is 1. The molecule has 1 aromatic carbocycles. The molecule has 0 bridgehead atoms. The number of aryl methyl sites for hydroxylation is 1. The average molecular weight is 392 g/mol. The molecule has 0 saturated heterocycles. The lowest BCUT2D eigenvalue weighted by Gasteiger charge is -2.19. The second-order valence-corrected chi connectivity index (χ2v) is 6.30. The van der Waals surface area contributed by atoms with E-state index in [0.717, 1.165) is 0 Å². The third kappa shape index (κ3) is 5.30. The fourth-order valence-electron chi connectivity index (χ4n) is 2.94. The number of carbonyl (C=O) groups excluding carboxylic acids is 2. The van der Waals surface area contributed by atoms with E-state index in [9.17, 15) is 14.4 Å². The molecule has 29 heavy (non-hydrogen) atoms. The number of nitrogens with one attached hydrogen (secondary N) is 1. The number of carbonyl (C=O) groups is 2. The molecule has 1 N–H and O–H groups in total. The second kappa shape index (κ2) is 9.86. The van der Waals surface area contributed by atoms with Crippen LogP contribution in [0.25, 0.3) is 0 Å². The lowest BCUT2D eigenvalue weighted by atomic mass is 9.99. The van der Waals surface area contributed by atoms with Gasteiger partial charge >= 0.3 is 5.97 Å². The molecule has 2 aromatic rings. The van der Waals surface area contributed by atoms with Gasteiger partial charge in [-0.1, -0.05) is 18.2 Å². The Kier molecular flexibility index (Phi) is 7.27. The first-order valence-corrected chi connectivity index (χ1v) is 8.89. The predicted molar refractivity (Wildman–Crippen MR) is 105 cm³/mol. The number of H-pyrrole nitrogens is 1. The van der Waals surface area contributed by atoms with Crippen molar-refractivity contribution in [2.45, 2.75) is 26.7 Å². The summed E-state index contributed by atoms with van der Waals surface area (Å²) in [5.74, 6) is -1.10. The fourth-order valence-corrected chi connectivity index (χ4v) is 2.94.